The fraction of sp³-hybridized carbons (Fsp3) is 0.389. The second kappa shape index (κ2) is 7.55. The first-order chi connectivity index (χ1) is 13.3. The Labute approximate surface area is 166 Å². The SMILES string of the molecule is COc1ccc(C2CC(c3c(O)n(C)c(=S)n(C)c3=O)=NN2)c(OC)c1OC. The number of aromatic hydroxyl groups is 1. The fourth-order valence-electron chi connectivity index (χ4n) is 3.26. The molecule has 1 aliphatic heterocycles. The Morgan fingerprint density at radius 1 is 1.14 bits per heavy atom. The normalized spacial score (nSPS) is 15.8. The third-order valence-corrected chi connectivity index (χ3v) is 5.33. The van der Waals surface area contributed by atoms with Crippen LogP contribution < -0.4 is 25.2 Å². The van der Waals surface area contributed by atoms with Gasteiger partial charge in [-0.1, -0.05) is 0 Å². The van der Waals surface area contributed by atoms with Gasteiger partial charge >= 0.3 is 0 Å². The van der Waals surface area contributed by atoms with E-state index in [1.807, 2.05) is 6.07 Å². The summed E-state index contributed by atoms with van der Waals surface area (Å²) < 4.78 is 19.2. The Morgan fingerprint density at radius 2 is 1.82 bits per heavy atom. The standard InChI is InChI=1S/C18H22N4O5S/c1-21-16(23)13(17(24)22(2)18(21)28)11-8-10(19-20-11)9-6-7-12(25-3)15(27-5)14(9)26-4/h6-7,10,19,23H,8H2,1-5H3. The molecule has 0 spiro atoms. The van der Waals surface area contributed by atoms with E-state index in [0.29, 0.717) is 29.4 Å². The number of hydrogen-bond acceptors (Lipinski definition) is 8. The zero-order chi connectivity index (χ0) is 20.6. The maximum absolute atomic E-state index is 12.7. The predicted octanol–water partition coefficient (Wildman–Crippen LogP) is 1.62. The molecule has 1 aromatic carbocycles. The van der Waals surface area contributed by atoms with Gasteiger partial charge in [0.15, 0.2) is 16.3 Å². The average molecular weight is 406 g/mol. The lowest BCUT2D eigenvalue weighted by atomic mass is 9.98. The molecule has 28 heavy (non-hydrogen) atoms. The number of hydrogen-bond donors (Lipinski definition) is 2. The van der Waals surface area contributed by atoms with Crippen molar-refractivity contribution in [1.29, 1.82) is 0 Å². The summed E-state index contributed by atoms with van der Waals surface area (Å²) in [5.41, 5.74) is 3.95. The average Bonchev–Trinajstić information content (AvgIpc) is 3.18. The van der Waals surface area contributed by atoms with Gasteiger partial charge in [0.2, 0.25) is 11.6 Å². The monoisotopic (exact) mass is 406 g/mol. The third kappa shape index (κ3) is 2.99. The van der Waals surface area contributed by atoms with E-state index in [1.54, 1.807) is 34.4 Å². The summed E-state index contributed by atoms with van der Waals surface area (Å²) in [6.45, 7) is 0. The highest BCUT2D eigenvalue weighted by Crippen LogP contribution is 2.43. The molecule has 0 amide bonds. The lowest BCUT2D eigenvalue weighted by Gasteiger charge is -2.19. The van der Waals surface area contributed by atoms with E-state index in [0.717, 1.165) is 5.56 Å². The summed E-state index contributed by atoms with van der Waals surface area (Å²) in [5, 5.41) is 14.8. The van der Waals surface area contributed by atoms with Crippen LogP contribution in [0.1, 0.15) is 23.6 Å². The van der Waals surface area contributed by atoms with Crippen molar-refractivity contribution in [3.05, 3.63) is 38.4 Å². The second-order valence-electron chi connectivity index (χ2n) is 6.27. The number of methoxy groups -OCH3 is 3. The van der Waals surface area contributed by atoms with Gasteiger partial charge in [0.25, 0.3) is 5.56 Å². The van der Waals surface area contributed by atoms with Crippen LogP contribution in [0.3, 0.4) is 0 Å². The lowest BCUT2D eigenvalue weighted by Crippen LogP contribution is -2.28. The topological polar surface area (TPSA) is 99.2 Å². The molecule has 2 aromatic rings. The van der Waals surface area contributed by atoms with E-state index >= 15 is 0 Å². The smallest absolute Gasteiger partial charge is 0.267 e. The minimum atomic E-state index is -0.402. The summed E-state index contributed by atoms with van der Waals surface area (Å²) in [7, 11) is 7.78. The molecule has 1 aromatic heterocycles. The molecule has 0 fully saturated rings. The van der Waals surface area contributed by atoms with Gasteiger partial charge in [0.05, 0.1) is 33.1 Å². The quantitative estimate of drug-likeness (QED) is 0.728. The Morgan fingerprint density at radius 3 is 2.43 bits per heavy atom. The first kappa shape index (κ1) is 19.7. The van der Waals surface area contributed by atoms with E-state index in [1.165, 1.54) is 16.2 Å². The maximum atomic E-state index is 12.7. The summed E-state index contributed by atoms with van der Waals surface area (Å²) in [6, 6.07) is 3.35. The molecular weight excluding hydrogens is 384 g/mol. The molecule has 3 rings (SSSR count). The van der Waals surface area contributed by atoms with E-state index in [9.17, 15) is 9.90 Å². The molecule has 1 aliphatic rings. The van der Waals surface area contributed by atoms with E-state index in [2.05, 4.69) is 10.5 Å². The van der Waals surface area contributed by atoms with Crippen LogP contribution in [0.15, 0.2) is 22.0 Å². The van der Waals surface area contributed by atoms with E-state index in [-0.39, 0.29) is 22.3 Å². The molecular formula is C18H22N4O5S. The fourth-order valence-corrected chi connectivity index (χ4v) is 3.43. The number of hydrazone groups is 1. The molecule has 2 N–H and O–H groups in total. The molecule has 0 radical (unpaired) electrons. The van der Waals surface area contributed by atoms with Crippen LogP contribution in [-0.2, 0) is 14.1 Å². The first-order valence-electron chi connectivity index (χ1n) is 8.45. The van der Waals surface area contributed by atoms with Crippen LogP contribution in [0, 0.1) is 4.77 Å². The zero-order valence-corrected chi connectivity index (χ0v) is 17.1. The predicted molar refractivity (Wildman–Crippen MR) is 106 cm³/mol. The number of nitrogens with zero attached hydrogens (tertiary/aromatic N) is 3. The molecule has 10 heteroatoms. The van der Waals surface area contributed by atoms with Crippen molar-refractivity contribution < 1.29 is 19.3 Å². The van der Waals surface area contributed by atoms with Crippen molar-refractivity contribution in [2.45, 2.75) is 12.5 Å². The molecule has 0 saturated heterocycles. The molecule has 0 aliphatic carbocycles. The van der Waals surface area contributed by atoms with Crippen molar-refractivity contribution in [3.8, 4) is 23.1 Å². The van der Waals surface area contributed by atoms with Crippen molar-refractivity contribution in [1.82, 2.24) is 14.6 Å². The highest BCUT2D eigenvalue weighted by molar-refractivity contribution is 7.71. The number of nitrogens with one attached hydrogen (secondary N) is 1. The Hall–Kier alpha value is -3.01. The minimum absolute atomic E-state index is 0.119. The molecule has 0 bridgehead atoms. The van der Waals surface area contributed by atoms with Crippen LogP contribution in [0.2, 0.25) is 0 Å². The Bertz CT molecular complexity index is 1070. The largest absolute Gasteiger partial charge is 0.494 e. The molecule has 1 unspecified atom stereocenters. The van der Waals surface area contributed by atoms with Gasteiger partial charge in [-0.25, -0.2) is 0 Å². The van der Waals surface area contributed by atoms with E-state index in [4.69, 9.17) is 26.4 Å². The zero-order valence-electron chi connectivity index (χ0n) is 16.3. The Kier molecular flexibility index (Phi) is 5.32. The summed E-state index contributed by atoms with van der Waals surface area (Å²) in [4.78, 5) is 12.7. The highest BCUT2D eigenvalue weighted by Gasteiger charge is 2.30. The third-order valence-electron chi connectivity index (χ3n) is 4.79. The van der Waals surface area contributed by atoms with Crippen LogP contribution in [-0.4, -0.2) is 41.3 Å². The van der Waals surface area contributed by atoms with Crippen molar-refractivity contribution >= 4 is 17.9 Å². The lowest BCUT2D eigenvalue weighted by molar-refractivity contribution is 0.320. The molecule has 0 saturated carbocycles. The molecule has 1 atom stereocenters. The molecule has 9 nitrogen and oxygen atoms in total. The Balaban J connectivity index is 2.02. The summed E-state index contributed by atoms with van der Waals surface area (Å²) in [6.07, 6.45) is 0.366. The van der Waals surface area contributed by atoms with Crippen LogP contribution in [0.5, 0.6) is 23.1 Å². The first-order valence-corrected chi connectivity index (χ1v) is 8.86. The number of aromatic nitrogens is 2. The van der Waals surface area contributed by atoms with Gasteiger partial charge in [0, 0.05) is 26.1 Å². The van der Waals surface area contributed by atoms with Crippen LogP contribution in [0.25, 0.3) is 0 Å². The van der Waals surface area contributed by atoms with Gasteiger partial charge < -0.3 is 24.7 Å². The van der Waals surface area contributed by atoms with Gasteiger partial charge in [-0.05, 0) is 24.4 Å². The van der Waals surface area contributed by atoms with Gasteiger partial charge in [-0.15, -0.1) is 0 Å². The minimum Gasteiger partial charge on any atom is -0.494 e. The van der Waals surface area contributed by atoms with Gasteiger partial charge in [-0.2, -0.15) is 5.10 Å². The van der Waals surface area contributed by atoms with Gasteiger partial charge in [0.1, 0.15) is 5.56 Å². The van der Waals surface area contributed by atoms with E-state index < -0.39 is 5.56 Å². The molecule has 2 heterocycles. The van der Waals surface area contributed by atoms with Crippen LogP contribution in [0.4, 0.5) is 0 Å². The number of ether oxygens (including phenoxy) is 3. The second-order valence-corrected chi connectivity index (χ2v) is 6.64. The van der Waals surface area contributed by atoms with Crippen molar-refractivity contribution in [3.63, 3.8) is 0 Å². The highest BCUT2D eigenvalue weighted by atomic mass is 32.1. The number of benzene rings is 1. The maximum Gasteiger partial charge on any atom is 0.267 e. The summed E-state index contributed by atoms with van der Waals surface area (Å²) in [5.74, 6) is 1.31. The molecule has 150 valence electrons. The van der Waals surface area contributed by atoms with Gasteiger partial charge in [-0.3, -0.25) is 13.9 Å². The van der Waals surface area contributed by atoms with Crippen molar-refractivity contribution in [2.75, 3.05) is 21.3 Å². The van der Waals surface area contributed by atoms with Crippen molar-refractivity contribution in [2.24, 2.45) is 19.2 Å². The summed E-state index contributed by atoms with van der Waals surface area (Å²) >= 11 is 5.16. The van der Waals surface area contributed by atoms with Crippen LogP contribution >= 0.6 is 12.2 Å². The number of rotatable bonds is 5.